The molecule has 1 aromatic carbocycles. The first kappa shape index (κ1) is 15.8. The van der Waals surface area contributed by atoms with Crippen LogP contribution in [0.15, 0.2) is 46.9 Å². The monoisotopic (exact) mass is 314 g/mol. The number of hydrogen-bond acceptors (Lipinski definition) is 4. The molecule has 1 amide bonds. The van der Waals surface area contributed by atoms with Gasteiger partial charge in [-0.2, -0.15) is 0 Å². The Kier molecular flexibility index (Phi) is 4.79. The van der Waals surface area contributed by atoms with E-state index in [9.17, 15) is 4.79 Å². The SMILES string of the molecule is CCc1ccc(C2COCCN2C(=O)C(N)c2ccccc2)o1. The summed E-state index contributed by atoms with van der Waals surface area (Å²) < 4.78 is 11.4. The summed E-state index contributed by atoms with van der Waals surface area (Å²) in [4.78, 5) is 14.6. The van der Waals surface area contributed by atoms with Crippen LogP contribution in [0.3, 0.4) is 0 Å². The van der Waals surface area contributed by atoms with E-state index in [0.29, 0.717) is 19.8 Å². The first-order valence-electron chi connectivity index (χ1n) is 7.98. The van der Waals surface area contributed by atoms with Crippen LogP contribution in [0.25, 0.3) is 0 Å². The third kappa shape index (κ3) is 3.30. The van der Waals surface area contributed by atoms with E-state index in [1.165, 1.54) is 0 Å². The van der Waals surface area contributed by atoms with Crippen molar-refractivity contribution in [3.8, 4) is 0 Å². The molecule has 5 nitrogen and oxygen atoms in total. The second-order valence-electron chi connectivity index (χ2n) is 5.67. The standard InChI is InChI=1S/C18H22N2O3/c1-2-14-8-9-16(23-14)15-12-22-11-10-20(15)18(21)17(19)13-6-4-3-5-7-13/h3-9,15,17H,2,10-12,19H2,1H3. The molecule has 1 aliphatic rings. The summed E-state index contributed by atoms with van der Waals surface area (Å²) in [5.74, 6) is 1.57. The fourth-order valence-corrected chi connectivity index (χ4v) is 2.85. The molecule has 122 valence electrons. The van der Waals surface area contributed by atoms with Crippen LogP contribution >= 0.6 is 0 Å². The van der Waals surface area contributed by atoms with Gasteiger partial charge in [-0.15, -0.1) is 0 Å². The van der Waals surface area contributed by atoms with Crippen LogP contribution in [0, 0.1) is 0 Å². The van der Waals surface area contributed by atoms with Gasteiger partial charge in [-0.1, -0.05) is 37.3 Å². The minimum absolute atomic E-state index is 0.0982. The Morgan fingerprint density at radius 3 is 2.78 bits per heavy atom. The van der Waals surface area contributed by atoms with Crippen molar-refractivity contribution >= 4 is 5.91 Å². The van der Waals surface area contributed by atoms with Crippen molar-refractivity contribution in [1.29, 1.82) is 0 Å². The molecule has 2 aromatic rings. The van der Waals surface area contributed by atoms with Crippen LogP contribution < -0.4 is 5.73 Å². The van der Waals surface area contributed by atoms with E-state index in [1.54, 1.807) is 4.90 Å². The number of nitrogens with zero attached hydrogens (tertiary/aromatic N) is 1. The molecule has 0 radical (unpaired) electrons. The zero-order valence-corrected chi connectivity index (χ0v) is 13.3. The lowest BCUT2D eigenvalue weighted by Crippen LogP contribution is -2.47. The minimum Gasteiger partial charge on any atom is -0.464 e. The van der Waals surface area contributed by atoms with Crippen LogP contribution in [0.2, 0.25) is 0 Å². The molecule has 2 N–H and O–H groups in total. The molecule has 1 aromatic heterocycles. The first-order chi connectivity index (χ1) is 11.2. The topological polar surface area (TPSA) is 68.7 Å². The summed E-state index contributed by atoms with van der Waals surface area (Å²) in [7, 11) is 0. The molecule has 2 heterocycles. The van der Waals surface area contributed by atoms with Crippen molar-refractivity contribution in [3.63, 3.8) is 0 Å². The molecule has 2 unspecified atom stereocenters. The number of furan rings is 1. The van der Waals surface area contributed by atoms with Crippen molar-refractivity contribution in [3.05, 3.63) is 59.5 Å². The average Bonchev–Trinajstić information content (AvgIpc) is 3.10. The Balaban J connectivity index is 1.81. The van der Waals surface area contributed by atoms with E-state index in [2.05, 4.69) is 0 Å². The van der Waals surface area contributed by atoms with Crippen LogP contribution in [-0.4, -0.2) is 30.6 Å². The smallest absolute Gasteiger partial charge is 0.244 e. The zero-order valence-electron chi connectivity index (χ0n) is 13.3. The van der Waals surface area contributed by atoms with Crippen molar-refractivity contribution in [1.82, 2.24) is 4.90 Å². The number of ether oxygens (including phenoxy) is 1. The highest BCUT2D eigenvalue weighted by atomic mass is 16.5. The second kappa shape index (κ2) is 6.98. The third-order valence-corrected chi connectivity index (χ3v) is 4.20. The van der Waals surface area contributed by atoms with E-state index in [1.807, 2.05) is 49.4 Å². The predicted molar refractivity (Wildman–Crippen MR) is 86.7 cm³/mol. The Morgan fingerprint density at radius 1 is 1.30 bits per heavy atom. The summed E-state index contributed by atoms with van der Waals surface area (Å²) >= 11 is 0. The predicted octanol–water partition coefficient (Wildman–Crippen LogP) is 2.44. The normalized spacial score (nSPS) is 19.6. The number of amides is 1. The van der Waals surface area contributed by atoms with Crippen molar-refractivity contribution in [2.75, 3.05) is 19.8 Å². The molecule has 1 fully saturated rings. The van der Waals surface area contributed by atoms with Gasteiger partial charge in [0.1, 0.15) is 23.6 Å². The molecule has 3 rings (SSSR count). The number of hydrogen-bond donors (Lipinski definition) is 1. The van der Waals surface area contributed by atoms with E-state index >= 15 is 0 Å². The van der Waals surface area contributed by atoms with Gasteiger partial charge in [0.2, 0.25) is 5.91 Å². The fraction of sp³-hybridized carbons (Fsp3) is 0.389. The number of benzene rings is 1. The summed E-state index contributed by atoms with van der Waals surface area (Å²) in [6.45, 7) is 3.51. The molecule has 0 bridgehead atoms. The number of nitrogens with two attached hydrogens (primary N) is 1. The minimum atomic E-state index is -0.669. The Bertz CT molecular complexity index is 653. The molecule has 1 aliphatic heterocycles. The largest absolute Gasteiger partial charge is 0.464 e. The molecule has 2 atom stereocenters. The molecular formula is C18H22N2O3. The maximum absolute atomic E-state index is 12.9. The summed E-state index contributed by atoms with van der Waals surface area (Å²) in [5.41, 5.74) is 6.99. The molecule has 0 saturated carbocycles. The van der Waals surface area contributed by atoms with Gasteiger partial charge in [0.15, 0.2) is 0 Å². The molecule has 0 spiro atoms. The van der Waals surface area contributed by atoms with Crippen molar-refractivity contribution < 1.29 is 13.9 Å². The van der Waals surface area contributed by atoms with Gasteiger partial charge in [-0.05, 0) is 17.7 Å². The van der Waals surface area contributed by atoms with Gasteiger partial charge in [0.25, 0.3) is 0 Å². The van der Waals surface area contributed by atoms with Crippen molar-refractivity contribution in [2.24, 2.45) is 5.73 Å². The second-order valence-corrected chi connectivity index (χ2v) is 5.67. The van der Waals surface area contributed by atoms with Crippen molar-refractivity contribution in [2.45, 2.75) is 25.4 Å². The van der Waals surface area contributed by atoms with Gasteiger partial charge in [0, 0.05) is 13.0 Å². The van der Waals surface area contributed by atoms with E-state index in [-0.39, 0.29) is 11.9 Å². The van der Waals surface area contributed by atoms with E-state index < -0.39 is 6.04 Å². The zero-order chi connectivity index (χ0) is 16.2. The lowest BCUT2D eigenvalue weighted by molar-refractivity contribution is -0.142. The number of aryl methyl sites for hydroxylation is 1. The Morgan fingerprint density at radius 2 is 2.09 bits per heavy atom. The summed E-state index contributed by atoms with van der Waals surface area (Å²) in [6, 6.07) is 12.4. The number of morpholine rings is 1. The summed E-state index contributed by atoms with van der Waals surface area (Å²) in [5, 5.41) is 0. The van der Waals surface area contributed by atoms with Gasteiger partial charge in [-0.3, -0.25) is 4.79 Å². The maximum Gasteiger partial charge on any atom is 0.244 e. The van der Waals surface area contributed by atoms with Gasteiger partial charge in [-0.25, -0.2) is 0 Å². The molecule has 5 heteroatoms. The van der Waals surface area contributed by atoms with Crippen LogP contribution in [0.1, 0.15) is 36.1 Å². The lowest BCUT2D eigenvalue weighted by atomic mass is 10.0. The Hall–Kier alpha value is -2.11. The summed E-state index contributed by atoms with van der Waals surface area (Å²) in [6.07, 6.45) is 0.824. The van der Waals surface area contributed by atoms with Crippen LogP contribution in [0.5, 0.6) is 0 Å². The van der Waals surface area contributed by atoms with Crippen LogP contribution in [0.4, 0.5) is 0 Å². The first-order valence-corrected chi connectivity index (χ1v) is 7.98. The fourth-order valence-electron chi connectivity index (χ4n) is 2.85. The highest BCUT2D eigenvalue weighted by Crippen LogP contribution is 2.28. The quantitative estimate of drug-likeness (QED) is 0.941. The molecular weight excluding hydrogens is 292 g/mol. The van der Waals surface area contributed by atoms with Gasteiger partial charge < -0.3 is 19.8 Å². The van der Waals surface area contributed by atoms with E-state index in [4.69, 9.17) is 14.9 Å². The highest BCUT2D eigenvalue weighted by Gasteiger charge is 2.33. The van der Waals surface area contributed by atoms with Gasteiger partial charge >= 0.3 is 0 Å². The number of rotatable bonds is 4. The highest BCUT2D eigenvalue weighted by molar-refractivity contribution is 5.83. The maximum atomic E-state index is 12.9. The van der Waals surface area contributed by atoms with Crippen LogP contribution in [-0.2, 0) is 16.0 Å². The molecule has 23 heavy (non-hydrogen) atoms. The van der Waals surface area contributed by atoms with Gasteiger partial charge in [0.05, 0.1) is 13.2 Å². The number of carbonyl (C=O) groups excluding carboxylic acids is 1. The average molecular weight is 314 g/mol. The van der Waals surface area contributed by atoms with E-state index in [0.717, 1.165) is 23.5 Å². The Labute approximate surface area is 136 Å². The molecule has 0 aliphatic carbocycles. The lowest BCUT2D eigenvalue weighted by Gasteiger charge is -2.36. The molecule has 1 saturated heterocycles. The third-order valence-electron chi connectivity index (χ3n) is 4.20. The number of carbonyl (C=O) groups is 1.